The minimum Gasteiger partial charge on any atom is -0.379 e. The van der Waals surface area contributed by atoms with Crippen LogP contribution in [0.5, 0.6) is 0 Å². The van der Waals surface area contributed by atoms with Crippen LogP contribution in [0.15, 0.2) is 36.4 Å². The molecule has 0 aliphatic carbocycles. The van der Waals surface area contributed by atoms with Gasteiger partial charge in [-0.2, -0.15) is 0 Å². The number of thiophene rings is 1. The fourth-order valence-electron chi connectivity index (χ4n) is 2.78. The quantitative estimate of drug-likeness (QED) is 0.798. The van der Waals surface area contributed by atoms with Crippen molar-refractivity contribution in [1.29, 1.82) is 0 Å². The van der Waals surface area contributed by atoms with Crippen molar-refractivity contribution in [2.75, 3.05) is 26.3 Å². The first kappa shape index (κ1) is 15.4. The van der Waals surface area contributed by atoms with E-state index in [4.69, 9.17) is 4.74 Å². The van der Waals surface area contributed by atoms with Gasteiger partial charge in [0.15, 0.2) is 5.78 Å². The van der Waals surface area contributed by atoms with Gasteiger partial charge in [-0.25, -0.2) is 0 Å². The van der Waals surface area contributed by atoms with Gasteiger partial charge in [-0.1, -0.05) is 24.3 Å². The van der Waals surface area contributed by atoms with Gasteiger partial charge in [-0.15, -0.1) is 11.3 Å². The molecular weight excluding hydrogens is 294 g/mol. The first-order valence-electron chi connectivity index (χ1n) is 7.68. The Morgan fingerprint density at radius 1 is 1.14 bits per heavy atom. The molecule has 0 radical (unpaired) electrons. The van der Waals surface area contributed by atoms with Crippen LogP contribution >= 0.6 is 11.3 Å². The highest BCUT2D eigenvalue weighted by Crippen LogP contribution is 2.30. The zero-order valence-electron chi connectivity index (χ0n) is 13.0. The largest absolute Gasteiger partial charge is 0.379 e. The summed E-state index contributed by atoms with van der Waals surface area (Å²) >= 11 is 1.56. The van der Waals surface area contributed by atoms with Crippen LogP contribution in [0.4, 0.5) is 0 Å². The molecule has 1 saturated heterocycles. The Hall–Kier alpha value is -1.49. The Bertz CT molecular complexity index is 641. The Kier molecular flexibility index (Phi) is 4.71. The first-order chi connectivity index (χ1) is 10.6. The van der Waals surface area contributed by atoms with Crippen molar-refractivity contribution in [3.63, 3.8) is 0 Å². The predicted molar refractivity (Wildman–Crippen MR) is 90.6 cm³/mol. The van der Waals surface area contributed by atoms with E-state index < -0.39 is 0 Å². The Morgan fingerprint density at radius 2 is 1.82 bits per heavy atom. The molecule has 2 heterocycles. The summed E-state index contributed by atoms with van der Waals surface area (Å²) in [7, 11) is 0. The third kappa shape index (κ3) is 3.29. The van der Waals surface area contributed by atoms with Crippen LogP contribution in [0.2, 0.25) is 0 Å². The molecule has 1 aromatic heterocycles. The van der Waals surface area contributed by atoms with E-state index in [-0.39, 0.29) is 5.78 Å². The third-order valence-electron chi connectivity index (χ3n) is 4.22. The van der Waals surface area contributed by atoms with E-state index in [0.29, 0.717) is 6.04 Å². The summed E-state index contributed by atoms with van der Waals surface area (Å²) in [5.74, 6) is 0.133. The number of benzene rings is 1. The smallest absolute Gasteiger partial charge is 0.169 e. The molecular formula is C18H21NO2S. The normalized spacial score (nSPS) is 17.4. The lowest BCUT2D eigenvalue weighted by Crippen LogP contribution is -2.37. The van der Waals surface area contributed by atoms with Gasteiger partial charge >= 0.3 is 0 Å². The number of ether oxygens (including phenoxy) is 1. The molecule has 1 fully saturated rings. The Labute approximate surface area is 135 Å². The van der Waals surface area contributed by atoms with E-state index in [1.807, 2.05) is 12.1 Å². The summed E-state index contributed by atoms with van der Waals surface area (Å²) in [6.07, 6.45) is 0. The standard InChI is InChI=1S/C18H21NO2S/c1-13(19-9-11-21-12-10-19)15-3-5-16(6-4-15)18-8-7-17(22-18)14(2)20/h3-8,13H,9-12H2,1-2H3/t13-/m0/s1. The maximum absolute atomic E-state index is 11.4. The van der Waals surface area contributed by atoms with Crippen LogP contribution in [0.1, 0.15) is 35.1 Å². The molecule has 3 nitrogen and oxygen atoms in total. The molecule has 3 rings (SSSR count). The van der Waals surface area contributed by atoms with Gasteiger partial charge in [-0.3, -0.25) is 9.69 Å². The van der Waals surface area contributed by atoms with E-state index in [0.717, 1.165) is 36.1 Å². The number of Topliss-reactive ketones (excluding diaryl/α,β-unsaturated/α-hetero) is 1. The molecule has 0 N–H and O–H groups in total. The van der Waals surface area contributed by atoms with Crippen molar-refractivity contribution in [1.82, 2.24) is 4.90 Å². The molecule has 1 aliphatic heterocycles. The second kappa shape index (κ2) is 6.73. The second-order valence-electron chi connectivity index (χ2n) is 5.67. The highest BCUT2D eigenvalue weighted by molar-refractivity contribution is 7.17. The molecule has 0 bridgehead atoms. The maximum atomic E-state index is 11.4. The SMILES string of the molecule is CC(=O)c1ccc(-c2ccc([C@H](C)N3CCOCC3)cc2)s1. The van der Waals surface area contributed by atoms with Crippen molar-refractivity contribution in [3.8, 4) is 10.4 Å². The average molecular weight is 315 g/mol. The van der Waals surface area contributed by atoms with E-state index >= 15 is 0 Å². The van der Waals surface area contributed by atoms with Crippen molar-refractivity contribution in [2.24, 2.45) is 0 Å². The fraction of sp³-hybridized carbons (Fsp3) is 0.389. The molecule has 1 atom stereocenters. The zero-order chi connectivity index (χ0) is 15.5. The molecule has 0 spiro atoms. The number of carbonyl (C=O) groups excluding carboxylic acids is 1. The molecule has 1 aromatic carbocycles. The van der Waals surface area contributed by atoms with Crippen molar-refractivity contribution < 1.29 is 9.53 Å². The van der Waals surface area contributed by atoms with Gasteiger partial charge in [0, 0.05) is 24.0 Å². The average Bonchev–Trinajstić information content (AvgIpc) is 3.05. The van der Waals surface area contributed by atoms with E-state index in [9.17, 15) is 4.79 Å². The van der Waals surface area contributed by atoms with Crippen LogP contribution in [0.3, 0.4) is 0 Å². The van der Waals surface area contributed by atoms with Crippen LogP contribution in [-0.4, -0.2) is 37.0 Å². The third-order valence-corrected chi connectivity index (χ3v) is 5.46. The summed E-state index contributed by atoms with van der Waals surface area (Å²) in [5, 5.41) is 0. The minimum atomic E-state index is 0.133. The summed E-state index contributed by atoms with van der Waals surface area (Å²) in [6.45, 7) is 7.50. The maximum Gasteiger partial charge on any atom is 0.169 e. The number of ketones is 1. The van der Waals surface area contributed by atoms with Gasteiger partial charge in [0.1, 0.15) is 0 Å². The second-order valence-corrected chi connectivity index (χ2v) is 6.75. The highest BCUT2D eigenvalue weighted by Gasteiger charge is 2.18. The van der Waals surface area contributed by atoms with Crippen molar-refractivity contribution in [2.45, 2.75) is 19.9 Å². The lowest BCUT2D eigenvalue weighted by molar-refractivity contribution is 0.0198. The van der Waals surface area contributed by atoms with E-state index in [2.05, 4.69) is 36.1 Å². The Balaban J connectivity index is 1.75. The predicted octanol–water partition coefficient (Wildman–Crippen LogP) is 4.01. The topological polar surface area (TPSA) is 29.5 Å². The van der Waals surface area contributed by atoms with Crippen LogP contribution in [0, 0.1) is 0 Å². The van der Waals surface area contributed by atoms with Crippen molar-refractivity contribution in [3.05, 3.63) is 46.8 Å². The van der Waals surface area contributed by atoms with E-state index in [1.165, 1.54) is 11.1 Å². The Morgan fingerprint density at radius 3 is 2.41 bits per heavy atom. The summed E-state index contributed by atoms with van der Waals surface area (Å²) in [6, 6.07) is 13.1. The molecule has 1 aliphatic rings. The van der Waals surface area contributed by atoms with Gasteiger partial charge < -0.3 is 4.74 Å². The van der Waals surface area contributed by atoms with Gasteiger partial charge in [-0.05, 0) is 37.1 Å². The number of nitrogens with zero attached hydrogens (tertiary/aromatic N) is 1. The van der Waals surface area contributed by atoms with Crippen LogP contribution < -0.4 is 0 Å². The number of hydrogen-bond donors (Lipinski definition) is 0. The highest BCUT2D eigenvalue weighted by atomic mass is 32.1. The molecule has 22 heavy (non-hydrogen) atoms. The summed E-state index contributed by atoms with van der Waals surface area (Å²) < 4.78 is 5.42. The molecule has 0 amide bonds. The lowest BCUT2D eigenvalue weighted by Gasteiger charge is -2.32. The zero-order valence-corrected chi connectivity index (χ0v) is 13.9. The van der Waals surface area contributed by atoms with Gasteiger partial charge in [0.25, 0.3) is 0 Å². The van der Waals surface area contributed by atoms with Crippen molar-refractivity contribution >= 4 is 17.1 Å². The molecule has 116 valence electrons. The lowest BCUT2D eigenvalue weighted by atomic mass is 10.0. The summed E-state index contributed by atoms with van der Waals surface area (Å²) in [5.41, 5.74) is 2.50. The first-order valence-corrected chi connectivity index (χ1v) is 8.49. The van der Waals surface area contributed by atoms with Crippen LogP contribution in [0.25, 0.3) is 10.4 Å². The molecule has 4 heteroatoms. The fourth-order valence-corrected chi connectivity index (χ4v) is 3.69. The monoisotopic (exact) mass is 315 g/mol. The number of carbonyl (C=O) groups is 1. The molecule has 0 unspecified atom stereocenters. The number of hydrogen-bond acceptors (Lipinski definition) is 4. The van der Waals surface area contributed by atoms with Gasteiger partial charge in [0.05, 0.1) is 18.1 Å². The van der Waals surface area contributed by atoms with E-state index in [1.54, 1.807) is 18.3 Å². The molecule has 2 aromatic rings. The molecule has 0 saturated carbocycles. The number of morpholine rings is 1. The minimum absolute atomic E-state index is 0.133. The summed E-state index contributed by atoms with van der Waals surface area (Å²) in [4.78, 5) is 15.8. The number of rotatable bonds is 4. The van der Waals surface area contributed by atoms with Crippen LogP contribution in [-0.2, 0) is 4.74 Å². The van der Waals surface area contributed by atoms with Gasteiger partial charge in [0.2, 0.25) is 0 Å².